The van der Waals surface area contributed by atoms with Gasteiger partial charge in [-0.3, -0.25) is 4.79 Å². The number of imidazole rings is 1. The van der Waals surface area contributed by atoms with Crippen LogP contribution in [0.15, 0.2) is 23.6 Å². The number of nitrogens with zero attached hydrogens (tertiary/aromatic N) is 8. The molecule has 0 spiro atoms. The maximum atomic E-state index is 12.4. The van der Waals surface area contributed by atoms with Crippen molar-refractivity contribution in [3.63, 3.8) is 0 Å². The van der Waals surface area contributed by atoms with Gasteiger partial charge in [0, 0.05) is 32.7 Å². The molecule has 0 N–H and O–H groups in total. The van der Waals surface area contributed by atoms with Crippen molar-refractivity contribution in [1.29, 1.82) is 0 Å². The van der Waals surface area contributed by atoms with Crippen molar-refractivity contribution in [2.24, 2.45) is 0 Å². The van der Waals surface area contributed by atoms with Crippen LogP contribution in [0.2, 0.25) is 5.02 Å². The van der Waals surface area contributed by atoms with Crippen molar-refractivity contribution in [2.75, 3.05) is 36.0 Å². The van der Waals surface area contributed by atoms with Gasteiger partial charge in [-0.2, -0.15) is 5.10 Å². The molecule has 0 amide bonds. The summed E-state index contributed by atoms with van der Waals surface area (Å²) in [5.41, 5.74) is 2.10. The van der Waals surface area contributed by atoms with Gasteiger partial charge in [-0.1, -0.05) is 11.6 Å². The van der Waals surface area contributed by atoms with Gasteiger partial charge in [-0.25, -0.2) is 19.6 Å². The van der Waals surface area contributed by atoms with Gasteiger partial charge >= 0.3 is 0 Å². The summed E-state index contributed by atoms with van der Waals surface area (Å²) in [5, 5.41) is 4.50. The van der Waals surface area contributed by atoms with Crippen molar-refractivity contribution >= 4 is 34.3 Å². The third-order valence-corrected chi connectivity index (χ3v) is 5.41. The summed E-state index contributed by atoms with van der Waals surface area (Å²) in [5.74, 6) is 0.844. The minimum Gasteiger partial charge on any atom is -0.365 e. The third-order valence-electron chi connectivity index (χ3n) is 5.06. The number of rotatable bonds is 4. The van der Waals surface area contributed by atoms with Crippen molar-refractivity contribution < 1.29 is 0 Å². The van der Waals surface area contributed by atoms with E-state index in [-0.39, 0.29) is 16.6 Å². The van der Waals surface area contributed by atoms with Gasteiger partial charge in [-0.15, -0.1) is 0 Å². The van der Waals surface area contributed by atoms with Crippen LogP contribution in [0.5, 0.6) is 0 Å². The molecule has 0 unspecified atom stereocenters. The second-order valence-electron chi connectivity index (χ2n) is 7.06. The molecular weight excluding hydrogens is 380 g/mol. The Labute approximate surface area is 167 Å². The molecule has 0 radical (unpaired) electrons. The van der Waals surface area contributed by atoms with Crippen LogP contribution in [0.25, 0.3) is 11.2 Å². The van der Waals surface area contributed by atoms with Gasteiger partial charge in [-0.05, 0) is 20.8 Å². The first kappa shape index (κ1) is 18.7. The Morgan fingerprint density at radius 2 is 1.82 bits per heavy atom. The Kier molecular flexibility index (Phi) is 4.92. The number of hydrogen-bond acceptors (Lipinski definition) is 7. The number of aryl methyl sites for hydroxylation is 1. The van der Waals surface area contributed by atoms with E-state index in [1.54, 1.807) is 18.9 Å². The molecule has 1 aliphatic heterocycles. The van der Waals surface area contributed by atoms with E-state index in [1.165, 1.54) is 4.68 Å². The average molecular weight is 403 g/mol. The van der Waals surface area contributed by atoms with Gasteiger partial charge in [0.25, 0.3) is 5.56 Å². The predicted octanol–water partition coefficient (Wildman–Crippen LogP) is 1.96. The number of anilines is 2. The highest BCUT2D eigenvalue weighted by molar-refractivity contribution is 6.33. The van der Waals surface area contributed by atoms with Crippen LogP contribution >= 0.6 is 11.6 Å². The summed E-state index contributed by atoms with van der Waals surface area (Å²) in [4.78, 5) is 30.1. The molecule has 148 valence electrons. The fourth-order valence-corrected chi connectivity index (χ4v) is 3.77. The van der Waals surface area contributed by atoms with Crippen LogP contribution in [-0.4, -0.2) is 55.5 Å². The standard InChI is InChI=1S/C18H23ClN8O/c1-4-24-11-22-15-16(24)20-10-21-17(15)26-7-5-25(6-8-26)13-9-23-27(12(2)3)18(28)14(13)19/h9-12H,4-8H2,1-3H3. The highest BCUT2D eigenvalue weighted by Crippen LogP contribution is 2.26. The van der Waals surface area contributed by atoms with E-state index in [4.69, 9.17) is 11.6 Å². The van der Waals surface area contributed by atoms with E-state index < -0.39 is 0 Å². The number of halogens is 1. The normalized spacial score (nSPS) is 15.0. The van der Waals surface area contributed by atoms with Crippen LogP contribution in [0.3, 0.4) is 0 Å². The lowest BCUT2D eigenvalue weighted by molar-refractivity contribution is 0.501. The van der Waals surface area contributed by atoms with E-state index in [0.717, 1.165) is 36.6 Å². The predicted molar refractivity (Wildman–Crippen MR) is 109 cm³/mol. The minimum atomic E-state index is -0.251. The minimum absolute atomic E-state index is 0.0287. The van der Waals surface area contributed by atoms with Crippen molar-refractivity contribution in [3.05, 3.63) is 34.2 Å². The summed E-state index contributed by atoms with van der Waals surface area (Å²) in [7, 11) is 0. The lowest BCUT2D eigenvalue weighted by atomic mass is 10.2. The summed E-state index contributed by atoms with van der Waals surface area (Å²) in [6, 6.07) is -0.0287. The first-order chi connectivity index (χ1) is 13.5. The topological polar surface area (TPSA) is 85.0 Å². The summed E-state index contributed by atoms with van der Waals surface area (Å²) in [6.07, 6.45) is 5.07. The molecule has 1 saturated heterocycles. The Hall–Kier alpha value is -2.68. The van der Waals surface area contributed by atoms with E-state index in [1.807, 2.05) is 18.4 Å². The third kappa shape index (κ3) is 3.09. The Bertz CT molecular complexity index is 1050. The molecule has 4 rings (SSSR count). The van der Waals surface area contributed by atoms with Crippen molar-refractivity contribution in [2.45, 2.75) is 33.4 Å². The van der Waals surface area contributed by atoms with Crippen LogP contribution in [0.4, 0.5) is 11.5 Å². The van der Waals surface area contributed by atoms with Gasteiger partial charge in [0.15, 0.2) is 17.0 Å². The van der Waals surface area contributed by atoms with Crippen LogP contribution in [-0.2, 0) is 6.54 Å². The molecule has 0 saturated carbocycles. The Balaban J connectivity index is 1.55. The molecule has 9 nitrogen and oxygen atoms in total. The number of hydrogen-bond donors (Lipinski definition) is 0. The lowest BCUT2D eigenvalue weighted by Crippen LogP contribution is -2.47. The Morgan fingerprint density at radius 1 is 1.11 bits per heavy atom. The first-order valence-corrected chi connectivity index (χ1v) is 9.82. The van der Waals surface area contributed by atoms with E-state index in [0.29, 0.717) is 18.8 Å². The van der Waals surface area contributed by atoms with Gasteiger partial charge in [0.1, 0.15) is 11.3 Å². The number of aromatic nitrogens is 6. The maximum Gasteiger partial charge on any atom is 0.287 e. The fraction of sp³-hybridized carbons (Fsp3) is 0.500. The van der Waals surface area contributed by atoms with E-state index >= 15 is 0 Å². The van der Waals surface area contributed by atoms with Crippen molar-refractivity contribution in [3.8, 4) is 0 Å². The molecule has 0 aliphatic carbocycles. The molecule has 1 fully saturated rings. The zero-order valence-electron chi connectivity index (χ0n) is 16.2. The summed E-state index contributed by atoms with van der Waals surface area (Å²) in [6.45, 7) is 9.61. The van der Waals surface area contributed by atoms with Crippen molar-refractivity contribution in [1.82, 2.24) is 29.3 Å². The smallest absolute Gasteiger partial charge is 0.287 e. The monoisotopic (exact) mass is 402 g/mol. The summed E-state index contributed by atoms with van der Waals surface area (Å²) < 4.78 is 3.41. The molecule has 28 heavy (non-hydrogen) atoms. The molecule has 1 aliphatic rings. The maximum absolute atomic E-state index is 12.4. The highest BCUT2D eigenvalue weighted by atomic mass is 35.5. The van der Waals surface area contributed by atoms with Gasteiger partial charge < -0.3 is 14.4 Å². The molecule has 10 heteroatoms. The Morgan fingerprint density at radius 3 is 2.50 bits per heavy atom. The zero-order chi connectivity index (χ0) is 19.8. The fourth-order valence-electron chi connectivity index (χ4n) is 3.51. The van der Waals surface area contributed by atoms with Crippen LogP contribution in [0.1, 0.15) is 26.8 Å². The zero-order valence-corrected chi connectivity index (χ0v) is 17.0. The van der Waals surface area contributed by atoms with E-state index in [2.05, 4.69) is 36.8 Å². The molecule has 3 aromatic heterocycles. The van der Waals surface area contributed by atoms with Gasteiger partial charge in [0.2, 0.25) is 0 Å². The molecule has 3 aromatic rings. The lowest BCUT2D eigenvalue weighted by Gasteiger charge is -2.36. The molecule has 4 heterocycles. The first-order valence-electron chi connectivity index (χ1n) is 9.44. The number of fused-ring (bicyclic) bond motifs is 1. The number of piperazine rings is 1. The second kappa shape index (κ2) is 7.38. The van der Waals surface area contributed by atoms with Crippen LogP contribution in [0, 0.1) is 0 Å². The molecule has 0 atom stereocenters. The molecule has 0 bridgehead atoms. The second-order valence-corrected chi connectivity index (χ2v) is 7.44. The largest absolute Gasteiger partial charge is 0.365 e. The molecule has 0 aromatic carbocycles. The van der Waals surface area contributed by atoms with Crippen LogP contribution < -0.4 is 15.4 Å². The highest BCUT2D eigenvalue weighted by Gasteiger charge is 2.24. The summed E-state index contributed by atoms with van der Waals surface area (Å²) >= 11 is 6.36. The average Bonchev–Trinajstić information content (AvgIpc) is 3.13. The molecular formula is C18H23ClN8O. The van der Waals surface area contributed by atoms with E-state index in [9.17, 15) is 4.79 Å². The quantitative estimate of drug-likeness (QED) is 0.659. The van der Waals surface area contributed by atoms with Gasteiger partial charge in [0.05, 0.1) is 24.3 Å². The SMILES string of the molecule is CCn1cnc2c(N3CCN(c4cnn(C(C)C)c(=O)c4Cl)CC3)ncnc21.